The largest absolute Gasteiger partial charge is 0.496 e. The van der Waals surface area contributed by atoms with E-state index >= 15 is 0 Å². The van der Waals surface area contributed by atoms with Gasteiger partial charge < -0.3 is 9.47 Å². The zero-order valence-electron chi connectivity index (χ0n) is 19.8. The van der Waals surface area contributed by atoms with Crippen LogP contribution in [0.4, 0.5) is 0 Å². The zero-order valence-corrected chi connectivity index (χ0v) is 19.8. The van der Waals surface area contributed by atoms with E-state index in [1.54, 1.807) is 0 Å². The standard InChI is InChI=1S/C30H32O3/c1-18-25-7-4-22(13-24(25)5-8-26(18)29(31)33-3)23-6-9-28(32-2)27(14-23)30-15-19-10-20(16-30)12-21(11-19)17-30/h4-9,13-14,19-21H,10-12,15-17H2,1-3H3. The molecule has 0 spiro atoms. The van der Waals surface area contributed by atoms with Crippen LogP contribution in [0.15, 0.2) is 48.5 Å². The van der Waals surface area contributed by atoms with Gasteiger partial charge in [0.15, 0.2) is 0 Å². The number of hydrogen-bond donors (Lipinski definition) is 0. The summed E-state index contributed by atoms with van der Waals surface area (Å²) in [4.78, 5) is 12.1. The van der Waals surface area contributed by atoms with Crippen molar-refractivity contribution in [3.8, 4) is 16.9 Å². The van der Waals surface area contributed by atoms with Crippen LogP contribution in [-0.2, 0) is 10.2 Å². The molecule has 4 fully saturated rings. The van der Waals surface area contributed by atoms with Gasteiger partial charge >= 0.3 is 5.97 Å². The normalized spacial score (nSPS) is 27.7. The number of methoxy groups -OCH3 is 2. The molecule has 3 aromatic rings. The topological polar surface area (TPSA) is 35.5 Å². The maximum absolute atomic E-state index is 12.1. The van der Waals surface area contributed by atoms with E-state index < -0.39 is 0 Å². The number of hydrogen-bond acceptors (Lipinski definition) is 3. The van der Waals surface area contributed by atoms with Crippen LogP contribution in [0.1, 0.15) is 60.0 Å². The Kier molecular flexibility index (Phi) is 4.79. The van der Waals surface area contributed by atoms with Gasteiger partial charge in [-0.1, -0.05) is 24.3 Å². The van der Waals surface area contributed by atoms with E-state index in [9.17, 15) is 4.79 Å². The number of aryl methyl sites for hydroxylation is 1. The van der Waals surface area contributed by atoms with Gasteiger partial charge in [0.1, 0.15) is 5.75 Å². The SMILES string of the molecule is COC(=O)c1ccc2cc(-c3ccc(OC)c(C45CC6CC(CC(C6)C4)C5)c3)ccc2c1C. The number of esters is 1. The quantitative estimate of drug-likeness (QED) is 0.407. The molecule has 0 atom stereocenters. The van der Waals surface area contributed by atoms with Crippen molar-refractivity contribution in [2.75, 3.05) is 14.2 Å². The van der Waals surface area contributed by atoms with Gasteiger partial charge in [-0.05, 0) is 120 Å². The molecule has 0 aromatic heterocycles. The molecule has 3 aromatic carbocycles. The van der Waals surface area contributed by atoms with E-state index in [0.717, 1.165) is 39.8 Å². The molecule has 0 heterocycles. The molecule has 7 rings (SSSR count). The molecule has 0 N–H and O–H groups in total. The first kappa shape index (κ1) is 20.8. The first-order chi connectivity index (χ1) is 16.0. The van der Waals surface area contributed by atoms with Gasteiger partial charge in [-0.3, -0.25) is 0 Å². The van der Waals surface area contributed by atoms with Crippen LogP contribution in [0.5, 0.6) is 5.75 Å². The Labute approximate surface area is 196 Å². The van der Waals surface area contributed by atoms with Crippen LogP contribution in [0.2, 0.25) is 0 Å². The third kappa shape index (κ3) is 3.27. The molecule has 4 aliphatic carbocycles. The highest BCUT2D eigenvalue weighted by atomic mass is 16.5. The minimum absolute atomic E-state index is 0.283. The molecular weight excluding hydrogens is 408 g/mol. The predicted octanol–water partition coefficient (Wildman–Crippen LogP) is 7.08. The molecule has 4 saturated carbocycles. The lowest BCUT2D eigenvalue weighted by Gasteiger charge is -2.57. The van der Waals surface area contributed by atoms with E-state index in [4.69, 9.17) is 9.47 Å². The van der Waals surface area contributed by atoms with Gasteiger partial charge in [0.05, 0.1) is 19.8 Å². The fourth-order valence-electron chi connectivity index (χ4n) is 7.74. The van der Waals surface area contributed by atoms with Crippen molar-refractivity contribution in [1.29, 1.82) is 0 Å². The number of benzene rings is 3. The van der Waals surface area contributed by atoms with E-state index in [-0.39, 0.29) is 5.97 Å². The van der Waals surface area contributed by atoms with Gasteiger partial charge in [-0.15, -0.1) is 0 Å². The average molecular weight is 441 g/mol. The molecule has 0 amide bonds. The molecule has 0 unspecified atom stereocenters. The summed E-state index contributed by atoms with van der Waals surface area (Å²) in [5.41, 5.74) is 5.78. The number of fused-ring (bicyclic) bond motifs is 1. The number of carbonyl (C=O) groups is 1. The third-order valence-electron chi connectivity index (χ3n) is 8.84. The maximum Gasteiger partial charge on any atom is 0.338 e. The highest BCUT2D eigenvalue weighted by molar-refractivity contribution is 5.99. The summed E-state index contributed by atoms with van der Waals surface area (Å²) in [6, 6.07) is 17.3. The molecule has 4 bridgehead atoms. The van der Waals surface area contributed by atoms with E-state index in [1.807, 2.05) is 26.2 Å². The Balaban J connectivity index is 1.43. The first-order valence-electron chi connectivity index (χ1n) is 12.3. The Hall–Kier alpha value is -2.81. The van der Waals surface area contributed by atoms with E-state index in [0.29, 0.717) is 11.0 Å². The third-order valence-corrected chi connectivity index (χ3v) is 8.84. The summed E-state index contributed by atoms with van der Waals surface area (Å²) in [6.07, 6.45) is 8.31. The van der Waals surface area contributed by atoms with Gasteiger partial charge in [-0.2, -0.15) is 0 Å². The van der Waals surface area contributed by atoms with Crippen LogP contribution in [0.25, 0.3) is 21.9 Å². The lowest BCUT2D eigenvalue weighted by atomic mass is 9.48. The molecule has 3 heteroatoms. The van der Waals surface area contributed by atoms with E-state index in [2.05, 4.69) is 36.4 Å². The molecular formula is C30H32O3. The van der Waals surface area contributed by atoms with Crippen LogP contribution in [0, 0.1) is 24.7 Å². The van der Waals surface area contributed by atoms with Crippen molar-refractivity contribution in [3.05, 3.63) is 65.2 Å². The second kappa shape index (κ2) is 7.62. The summed E-state index contributed by atoms with van der Waals surface area (Å²) in [5, 5.41) is 2.24. The van der Waals surface area contributed by atoms with Crippen molar-refractivity contribution >= 4 is 16.7 Å². The van der Waals surface area contributed by atoms with Crippen molar-refractivity contribution in [3.63, 3.8) is 0 Å². The highest BCUT2D eigenvalue weighted by Crippen LogP contribution is 2.62. The van der Waals surface area contributed by atoms with Gasteiger partial charge in [0, 0.05) is 5.56 Å². The summed E-state index contributed by atoms with van der Waals surface area (Å²) < 4.78 is 10.9. The minimum Gasteiger partial charge on any atom is -0.496 e. The molecule has 170 valence electrons. The maximum atomic E-state index is 12.1. The molecule has 0 saturated heterocycles. The smallest absolute Gasteiger partial charge is 0.338 e. The first-order valence-corrected chi connectivity index (χ1v) is 12.3. The summed E-state index contributed by atoms with van der Waals surface area (Å²) >= 11 is 0. The second-order valence-corrected chi connectivity index (χ2v) is 10.8. The van der Waals surface area contributed by atoms with Crippen molar-refractivity contribution in [2.45, 2.75) is 50.9 Å². The summed E-state index contributed by atoms with van der Waals surface area (Å²) in [6.45, 7) is 1.99. The molecule has 4 aliphatic rings. The predicted molar refractivity (Wildman–Crippen MR) is 132 cm³/mol. The van der Waals surface area contributed by atoms with Crippen LogP contribution >= 0.6 is 0 Å². The van der Waals surface area contributed by atoms with Gasteiger partial charge in [0.25, 0.3) is 0 Å². The molecule has 3 nitrogen and oxygen atoms in total. The van der Waals surface area contributed by atoms with E-state index in [1.165, 1.54) is 62.3 Å². The molecule has 33 heavy (non-hydrogen) atoms. The molecule has 0 radical (unpaired) electrons. The zero-order chi connectivity index (χ0) is 22.7. The number of ether oxygens (including phenoxy) is 2. The van der Waals surface area contributed by atoms with Gasteiger partial charge in [-0.25, -0.2) is 4.79 Å². The van der Waals surface area contributed by atoms with Crippen molar-refractivity contribution < 1.29 is 14.3 Å². The Bertz CT molecular complexity index is 1220. The fraction of sp³-hybridized carbons (Fsp3) is 0.433. The monoisotopic (exact) mass is 440 g/mol. The van der Waals surface area contributed by atoms with Crippen molar-refractivity contribution in [1.82, 2.24) is 0 Å². The summed E-state index contributed by atoms with van der Waals surface area (Å²) in [5.74, 6) is 3.47. The van der Waals surface area contributed by atoms with Crippen molar-refractivity contribution in [2.24, 2.45) is 17.8 Å². The Morgan fingerprint density at radius 2 is 1.48 bits per heavy atom. The Morgan fingerprint density at radius 1 is 0.848 bits per heavy atom. The minimum atomic E-state index is -0.283. The number of rotatable bonds is 4. The average Bonchev–Trinajstić information content (AvgIpc) is 2.82. The number of carbonyl (C=O) groups excluding carboxylic acids is 1. The fourth-order valence-corrected chi connectivity index (χ4v) is 7.74. The molecule has 0 aliphatic heterocycles. The lowest BCUT2D eigenvalue weighted by Crippen LogP contribution is -2.48. The van der Waals surface area contributed by atoms with Crippen LogP contribution in [0.3, 0.4) is 0 Å². The van der Waals surface area contributed by atoms with Crippen LogP contribution in [-0.4, -0.2) is 20.2 Å². The lowest BCUT2D eigenvalue weighted by molar-refractivity contribution is -0.00613. The summed E-state index contributed by atoms with van der Waals surface area (Å²) in [7, 11) is 3.25. The second-order valence-electron chi connectivity index (χ2n) is 10.8. The van der Waals surface area contributed by atoms with Gasteiger partial charge in [0.2, 0.25) is 0 Å². The highest BCUT2D eigenvalue weighted by Gasteiger charge is 2.52. The van der Waals surface area contributed by atoms with Crippen LogP contribution < -0.4 is 4.74 Å². The Morgan fingerprint density at radius 3 is 2.12 bits per heavy atom.